The summed E-state index contributed by atoms with van der Waals surface area (Å²) in [7, 11) is 0. The predicted molar refractivity (Wildman–Crippen MR) is 85.3 cm³/mol. The van der Waals surface area contributed by atoms with E-state index >= 15 is 0 Å². The molecule has 0 bridgehead atoms. The quantitative estimate of drug-likeness (QED) is 0.673. The monoisotopic (exact) mass is 299 g/mol. The zero-order valence-electron chi connectivity index (χ0n) is 12.7. The molecule has 2 aliphatic carbocycles. The Hall–Kier alpha value is -0.220. The van der Waals surface area contributed by atoms with Crippen LogP contribution in [0.3, 0.4) is 0 Å². The number of nitrogens with one attached hydrogen (secondary N) is 1. The van der Waals surface area contributed by atoms with Gasteiger partial charge in [-0.3, -0.25) is 4.79 Å². The number of rotatable bonds is 8. The van der Waals surface area contributed by atoms with Crippen molar-refractivity contribution in [3.8, 4) is 0 Å². The molecule has 0 aromatic heterocycles. The summed E-state index contributed by atoms with van der Waals surface area (Å²) in [6, 6.07) is 0. The average Bonchev–Trinajstić information content (AvgIpc) is 3.05. The molecule has 2 atom stereocenters. The minimum absolute atomic E-state index is 0.316. The van der Waals surface area contributed by atoms with Gasteiger partial charge in [-0.1, -0.05) is 26.2 Å². The van der Waals surface area contributed by atoms with E-state index in [-0.39, 0.29) is 0 Å². The maximum atomic E-state index is 11.7. The molecule has 2 N–H and O–H groups in total. The van der Waals surface area contributed by atoms with E-state index in [1.165, 1.54) is 31.4 Å². The van der Waals surface area contributed by atoms with Crippen molar-refractivity contribution < 1.29 is 9.90 Å². The summed E-state index contributed by atoms with van der Waals surface area (Å²) < 4.78 is 0. The van der Waals surface area contributed by atoms with E-state index in [1.54, 1.807) is 0 Å². The zero-order valence-corrected chi connectivity index (χ0v) is 13.5. The third-order valence-electron chi connectivity index (χ3n) is 5.13. The van der Waals surface area contributed by atoms with Gasteiger partial charge < -0.3 is 10.4 Å². The molecule has 3 nitrogen and oxygen atoms in total. The lowest BCUT2D eigenvalue weighted by molar-refractivity contribution is -0.146. The number of carbonyl (C=O) groups is 1. The van der Waals surface area contributed by atoms with Crippen LogP contribution in [0, 0.1) is 11.8 Å². The lowest BCUT2D eigenvalue weighted by atomic mass is 9.85. The van der Waals surface area contributed by atoms with E-state index in [2.05, 4.69) is 5.32 Å². The number of carboxylic acid groups (broad SMARTS) is 1. The van der Waals surface area contributed by atoms with Crippen molar-refractivity contribution in [2.24, 2.45) is 11.8 Å². The van der Waals surface area contributed by atoms with Gasteiger partial charge in [0.05, 0.1) is 0 Å². The van der Waals surface area contributed by atoms with E-state index in [4.69, 9.17) is 0 Å². The molecule has 0 amide bonds. The van der Waals surface area contributed by atoms with Gasteiger partial charge in [0, 0.05) is 0 Å². The Kier molecular flexibility index (Phi) is 6.21. The van der Waals surface area contributed by atoms with Gasteiger partial charge in [0.2, 0.25) is 0 Å². The smallest absolute Gasteiger partial charge is 0.324 e. The fourth-order valence-corrected chi connectivity index (χ4v) is 5.31. The third-order valence-corrected chi connectivity index (χ3v) is 6.36. The number of thioether (sulfide) groups is 1. The molecule has 2 saturated carbocycles. The summed E-state index contributed by atoms with van der Waals surface area (Å²) >= 11 is 2.05. The first-order valence-corrected chi connectivity index (χ1v) is 9.40. The Morgan fingerprint density at radius 3 is 2.70 bits per heavy atom. The Labute approximate surface area is 127 Å². The molecule has 0 aliphatic heterocycles. The third kappa shape index (κ3) is 3.70. The minimum atomic E-state index is -0.636. The van der Waals surface area contributed by atoms with E-state index < -0.39 is 11.5 Å². The van der Waals surface area contributed by atoms with Gasteiger partial charge in [0.15, 0.2) is 0 Å². The summed E-state index contributed by atoms with van der Waals surface area (Å²) in [4.78, 5) is 11.7. The van der Waals surface area contributed by atoms with Crippen molar-refractivity contribution in [3.05, 3.63) is 0 Å². The first kappa shape index (κ1) is 16.2. The van der Waals surface area contributed by atoms with Gasteiger partial charge in [-0.25, -0.2) is 0 Å². The molecule has 116 valence electrons. The lowest BCUT2D eigenvalue weighted by Gasteiger charge is -2.32. The van der Waals surface area contributed by atoms with Crippen molar-refractivity contribution in [2.75, 3.05) is 18.1 Å². The highest BCUT2D eigenvalue weighted by atomic mass is 32.2. The first-order valence-electron chi connectivity index (χ1n) is 8.25. The van der Waals surface area contributed by atoms with Crippen LogP contribution in [-0.2, 0) is 4.79 Å². The second-order valence-electron chi connectivity index (χ2n) is 6.41. The van der Waals surface area contributed by atoms with E-state index in [0.717, 1.165) is 43.9 Å². The normalized spacial score (nSPS) is 30.9. The van der Waals surface area contributed by atoms with Crippen LogP contribution in [0.5, 0.6) is 0 Å². The van der Waals surface area contributed by atoms with Gasteiger partial charge in [-0.05, 0) is 62.0 Å². The maximum Gasteiger partial charge on any atom is 0.324 e. The number of carboxylic acids is 1. The van der Waals surface area contributed by atoms with Crippen LogP contribution in [0.15, 0.2) is 0 Å². The molecule has 4 heteroatoms. The molecule has 0 aromatic rings. The van der Waals surface area contributed by atoms with Crippen LogP contribution in [0.2, 0.25) is 0 Å². The van der Waals surface area contributed by atoms with Crippen molar-refractivity contribution in [1.82, 2.24) is 5.32 Å². The molecule has 2 unspecified atom stereocenters. The fraction of sp³-hybridized carbons (Fsp3) is 0.938. The van der Waals surface area contributed by atoms with Gasteiger partial charge in [0.25, 0.3) is 0 Å². The van der Waals surface area contributed by atoms with E-state index in [9.17, 15) is 9.90 Å². The number of hydrogen-bond donors (Lipinski definition) is 2. The number of aliphatic carboxylic acids is 1. The maximum absolute atomic E-state index is 11.7. The SMILES string of the molecule is CCNC1(C(=O)O)CCCC1CCSCC1CCCC1. The second kappa shape index (κ2) is 7.69. The van der Waals surface area contributed by atoms with Crippen molar-refractivity contribution >= 4 is 17.7 Å². The Morgan fingerprint density at radius 1 is 1.30 bits per heavy atom. The molecule has 0 saturated heterocycles. The summed E-state index contributed by atoms with van der Waals surface area (Å²) in [6.07, 6.45) is 9.62. The zero-order chi connectivity index (χ0) is 14.4. The molecular formula is C16H29NO2S. The Balaban J connectivity index is 1.76. The molecular weight excluding hydrogens is 270 g/mol. The van der Waals surface area contributed by atoms with Crippen LogP contribution >= 0.6 is 11.8 Å². The fourth-order valence-electron chi connectivity index (χ4n) is 4.03. The molecule has 2 rings (SSSR count). The molecule has 0 spiro atoms. The summed E-state index contributed by atoms with van der Waals surface area (Å²) in [5.41, 5.74) is -0.636. The molecule has 20 heavy (non-hydrogen) atoms. The highest BCUT2D eigenvalue weighted by molar-refractivity contribution is 7.99. The van der Waals surface area contributed by atoms with Crippen molar-refractivity contribution in [3.63, 3.8) is 0 Å². The van der Waals surface area contributed by atoms with Gasteiger partial charge in [-0.2, -0.15) is 11.8 Å². The minimum Gasteiger partial charge on any atom is -0.480 e. The lowest BCUT2D eigenvalue weighted by Crippen LogP contribution is -2.54. The standard InChI is InChI=1S/C16H29NO2S/c1-2-17-16(15(18)19)10-5-8-14(16)9-11-20-12-13-6-3-4-7-13/h13-14,17H,2-12H2,1H3,(H,18,19). The molecule has 0 heterocycles. The summed E-state index contributed by atoms with van der Waals surface area (Å²) in [5.74, 6) is 3.02. The highest BCUT2D eigenvalue weighted by Crippen LogP contribution is 2.39. The summed E-state index contributed by atoms with van der Waals surface area (Å²) in [5, 5.41) is 12.9. The Bertz CT molecular complexity index is 318. The van der Waals surface area contributed by atoms with Crippen LogP contribution < -0.4 is 5.32 Å². The van der Waals surface area contributed by atoms with Crippen LogP contribution in [-0.4, -0.2) is 34.7 Å². The topological polar surface area (TPSA) is 49.3 Å². The Morgan fingerprint density at radius 2 is 2.05 bits per heavy atom. The van der Waals surface area contributed by atoms with E-state index in [1.807, 2.05) is 18.7 Å². The average molecular weight is 299 g/mol. The summed E-state index contributed by atoms with van der Waals surface area (Å²) in [6.45, 7) is 2.76. The van der Waals surface area contributed by atoms with E-state index in [0.29, 0.717) is 5.92 Å². The largest absolute Gasteiger partial charge is 0.480 e. The molecule has 2 aliphatic rings. The van der Waals surface area contributed by atoms with Crippen molar-refractivity contribution in [2.45, 2.75) is 63.8 Å². The number of likely N-dealkylation sites (N-methyl/N-ethyl adjacent to an activating group) is 1. The first-order chi connectivity index (χ1) is 9.69. The van der Waals surface area contributed by atoms with Crippen molar-refractivity contribution in [1.29, 1.82) is 0 Å². The second-order valence-corrected chi connectivity index (χ2v) is 7.56. The van der Waals surface area contributed by atoms with Crippen LogP contribution in [0.1, 0.15) is 58.3 Å². The predicted octanol–water partition coefficient (Wildman–Crippen LogP) is 3.53. The number of hydrogen-bond acceptors (Lipinski definition) is 3. The van der Waals surface area contributed by atoms with Crippen LogP contribution in [0.25, 0.3) is 0 Å². The highest BCUT2D eigenvalue weighted by Gasteiger charge is 2.48. The van der Waals surface area contributed by atoms with Gasteiger partial charge >= 0.3 is 5.97 Å². The molecule has 0 radical (unpaired) electrons. The molecule has 0 aromatic carbocycles. The van der Waals surface area contributed by atoms with Crippen LogP contribution in [0.4, 0.5) is 0 Å². The van der Waals surface area contributed by atoms with Gasteiger partial charge in [-0.15, -0.1) is 0 Å². The van der Waals surface area contributed by atoms with Gasteiger partial charge in [0.1, 0.15) is 5.54 Å². The molecule has 2 fully saturated rings.